The largest absolute Gasteiger partial charge is 0.0616 e. The molecule has 14 rings (SSSR count). The number of hydrogen-bond donors (Lipinski definition) is 0. The van der Waals surface area contributed by atoms with Crippen molar-refractivity contribution in [2.45, 2.75) is 0 Å². The Bertz CT molecular complexity index is 3790. The molecule has 0 heterocycles. The van der Waals surface area contributed by atoms with Crippen molar-refractivity contribution in [1.82, 2.24) is 0 Å². The zero-order chi connectivity index (χ0) is 39.1. The van der Waals surface area contributed by atoms with Crippen molar-refractivity contribution < 1.29 is 0 Å². The van der Waals surface area contributed by atoms with Gasteiger partial charge in [0, 0.05) is 0 Å². The summed E-state index contributed by atoms with van der Waals surface area (Å²) in [6.45, 7) is 0. The summed E-state index contributed by atoms with van der Waals surface area (Å²) in [7, 11) is 0. The minimum atomic E-state index is 1.26. The summed E-state index contributed by atoms with van der Waals surface area (Å²) in [5.41, 5.74) is 10.1. The fraction of sp³-hybridized carbons (Fsp3) is 0. The van der Waals surface area contributed by atoms with E-state index in [2.05, 4.69) is 206 Å². The summed E-state index contributed by atoms with van der Waals surface area (Å²) in [5, 5.41) is 23.2. The van der Waals surface area contributed by atoms with Crippen LogP contribution in [0.25, 0.3) is 141 Å². The highest BCUT2D eigenvalue weighted by Crippen LogP contribution is 2.53. The van der Waals surface area contributed by atoms with E-state index in [4.69, 9.17) is 0 Å². The quantitative estimate of drug-likeness (QED) is 0.135. The van der Waals surface area contributed by atoms with Crippen LogP contribution in [-0.4, -0.2) is 0 Å². The average molecular weight is 755 g/mol. The van der Waals surface area contributed by atoms with Gasteiger partial charge < -0.3 is 0 Å². The highest BCUT2D eigenvalue weighted by atomic mass is 14.3. The predicted molar refractivity (Wildman–Crippen MR) is 259 cm³/mol. The van der Waals surface area contributed by atoms with Crippen LogP contribution in [0.1, 0.15) is 0 Å². The fourth-order valence-corrected chi connectivity index (χ4v) is 11.1. The van der Waals surface area contributed by atoms with Crippen LogP contribution in [0.5, 0.6) is 0 Å². The van der Waals surface area contributed by atoms with Crippen LogP contribution >= 0.6 is 0 Å². The molecule has 0 bridgehead atoms. The minimum Gasteiger partial charge on any atom is -0.0616 e. The molecule has 13 aromatic rings. The third-order valence-corrected chi connectivity index (χ3v) is 13.7. The van der Waals surface area contributed by atoms with E-state index in [0.717, 1.165) is 0 Å². The van der Waals surface area contributed by atoms with Gasteiger partial charge in [-0.3, -0.25) is 0 Å². The average Bonchev–Trinajstić information content (AvgIpc) is 3.33. The van der Waals surface area contributed by atoms with E-state index in [9.17, 15) is 0 Å². The first-order valence-electron chi connectivity index (χ1n) is 21.0. The first kappa shape index (κ1) is 32.2. The van der Waals surface area contributed by atoms with E-state index in [-0.39, 0.29) is 0 Å². The van der Waals surface area contributed by atoms with Gasteiger partial charge in [-0.25, -0.2) is 0 Å². The molecule has 0 amide bonds. The molecule has 0 aromatic heterocycles. The first-order chi connectivity index (χ1) is 29.8. The van der Waals surface area contributed by atoms with E-state index in [1.165, 1.54) is 141 Å². The van der Waals surface area contributed by atoms with Gasteiger partial charge in [0.2, 0.25) is 0 Å². The third kappa shape index (κ3) is 4.24. The Hall–Kier alpha value is -7.80. The molecule has 1 aliphatic carbocycles. The van der Waals surface area contributed by atoms with Gasteiger partial charge in [-0.15, -0.1) is 0 Å². The molecule has 0 atom stereocenters. The van der Waals surface area contributed by atoms with Gasteiger partial charge in [0.25, 0.3) is 0 Å². The van der Waals surface area contributed by atoms with Crippen molar-refractivity contribution in [3.63, 3.8) is 0 Å². The normalized spacial score (nSPS) is 12.3. The summed E-state index contributed by atoms with van der Waals surface area (Å²) in [4.78, 5) is 0. The number of benzene rings is 13. The van der Waals surface area contributed by atoms with Crippen LogP contribution < -0.4 is 0 Å². The zero-order valence-corrected chi connectivity index (χ0v) is 32.6. The van der Waals surface area contributed by atoms with Crippen molar-refractivity contribution in [3.8, 4) is 44.5 Å². The van der Waals surface area contributed by atoms with Gasteiger partial charge in [0.1, 0.15) is 0 Å². The van der Waals surface area contributed by atoms with Crippen molar-refractivity contribution in [1.29, 1.82) is 0 Å². The molecule has 274 valence electrons. The molecule has 0 aliphatic heterocycles. The Morgan fingerprint density at radius 3 is 0.433 bits per heavy atom. The van der Waals surface area contributed by atoms with Crippen LogP contribution in [0, 0.1) is 0 Å². The second-order valence-electron chi connectivity index (χ2n) is 16.6. The van der Waals surface area contributed by atoms with Crippen molar-refractivity contribution >= 4 is 97.0 Å². The van der Waals surface area contributed by atoms with Gasteiger partial charge >= 0.3 is 0 Å². The molecule has 0 saturated heterocycles. The molecule has 0 saturated carbocycles. The SMILES string of the molecule is c1ccc2c(c1)-c1cc3c4ccccc4c4ccccc4c3cc1-c1cc3c4ccccc4c4ccccc4c3cc1-c1cc3c4ccccc4c4ccccc4c3cc1-2. The van der Waals surface area contributed by atoms with Gasteiger partial charge in [-0.2, -0.15) is 0 Å². The van der Waals surface area contributed by atoms with E-state index in [1.54, 1.807) is 0 Å². The van der Waals surface area contributed by atoms with E-state index in [0.29, 0.717) is 0 Å². The molecular weight excluding hydrogens is 721 g/mol. The first-order valence-corrected chi connectivity index (χ1v) is 21.0. The molecule has 13 aromatic carbocycles. The molecule has 0 radical (unpaired) electrons. The summed E-state index contributed by atoms with van der Waals surface area (Å²) in [6, 6.07) is 78.1. The Morgan fingerprint density at radius 1 is 0.117 bits per heavy atom. The summed E-state index contributed by atoms with van der Waals surface area (Å²) in [6.07, 6.45) is 0. The van der Waals surface area contributed by atoms with E-state index < -0.39 is 0 Å². The Kier molecular flexibility index (Phi) is 6.38. The predicted octanol–water partition coefficient (Wildman–Crippen LogP) is 17.0. The van der Waals surface area contributed by atoms with Crippen LogP contribution in [-0.2, 0) is 0 Å². The molecule has 0 spiro atoms. The number of hydrogen-bond acceptors (Lipinski definition) is 0. The fourth-order valence-electron chi connectivity index (χ4n) is 11.1. The van der Waals surface area contributed by atoms with E-state index in [1.807, 2.05) is 0 Å². The van der Waals surface area contributed by atoms with Gasteiger partial charge in [-0.1, -0.05) is 170 Å². The van der Waals surface area contributed by atoms with Crippen LogP contribution in [0.3, 0.4) is 0 Å². The Labute approximate surface area is 346 Å². The Morgan fingerprint density at radius 2 is 0.250 bits per heavy atom. The summed E-state index contributed by atoms with van der Waals surface area (Å²) in [5.74, 6) is 0. The third-order valence-electron chi connectivity index (χ3n) is 13.7. The summed E-state index contributed by atoms with van der Waals surface area (Å²) < 4.78 is 0. The monoisotopic (exact) mass is 754 g/mol. The second kappa shape index (κ2) is 11.9. The molecule has 1 aliphatic rings. The lowest BCUT2D eigenvalue weighted by Crippen LogP contribution is -1.99. The second-order valence-corrected chi connectivity index (χ2v) is 16.6. The molecular formula is C60H34. The molecule has 60 heavy (non-hydrogen) atoms. The molecule has 0 unspecified atom stereocenters. The van der Waals surface area contributed by atoms with Gasteiger partial charge in [-0.05, 0) is 178 Å². The zero-order valence-electron chi connectivity index (χ0n) is 32.6. The van der Waals surface area contributed by atoms with Crippen molar-refractivity contribution in [2.24, 2.45) is 0 Å². The Balaban J connectivity index is 1.24. The number of rotatable bonds is 0. The van der Waals surface area contributed by atoms with Gasteiger partial charge in [0.05, 0.1) is 0 Å². The maximum Gasteiger partial charge on any atom is -0.00921 e. The maximum absolute atomic E-state index is 2.54. The lowest BCUT2D eigenvalue weighted by atomic mass is 9.77. The molecule has 0 heteroatoms. The molecule has 0 N–H and O–H groups in total. The lowest BCUT2D eigenvalue weighted by molar-refractivity contribution is 1.57. The number of fused-ring (bicyclic) bond motifs is 26. The maximum atomic E-state index is 2.54. The minimum absolute atomic E-state index is 1.26. The molecule has 0 nitrogen and oxygen atoms in total. The van der Waals surface area contributed by atoms with Gasteiger partial charge in [0.15, 0.2) is 0 Å². The highest BCUT2D eigenvalue weighted by Gasteiger charge is 2.26. The lowest BCUT2D eigenvalue weighted by Gasteiger charge is -2.26. The topological polar surface area (TPSA) is 0 Å². The van der Waals surface area contributed by atoms with Crippen LogP contribution in [0.2, 0.25) is 0 Å². The van der Waals surface area contributed by atoms with Crippen LogP contribution in [0.4, 0.5) is 0 Å². The molecule has 0 fully saturated rings. The van der Waals surface area contributed by atoms with Crippen molar-refractivity contribution in [2.75, 3.05) is 0 Å². The van der Waals surface area contributed by atoms with E-state index >= 15 is 0 Å². The smallest absolute Gasteiger partial charge is 0.00921 e. The van der Waals surface area contributed by atoms with Crippen molar-refractivity contribution in [3.05, 3.63) is 206 Å². The highest BCUT2D eigenvalue weighted by molar-refractivity contribution is 6.31. The summed E-state index contributed by atoms with van der Waals surface area (Å²) >= 11 is 0. The van der Waals surface area contributed by atoms with Crippen LogP contribution in [0.15, 0.2) is 206 Å². The standard InChI is InChI=1S/C60H34/c1-7-21-41-35(15-1)37-17-3-9-23-43(37)51-31-57-55(29-49(41)51)47-27-13-14-28-48(47)56-30-50-42-22-8-2-16-36(42)38-18-4-10-24-44(38)52(50)32-58(56)60-34-54-46-26-12-6-20-40(46)39-19-5-11-25-45(39)53(54)33-59(57)60/h1-34H.